The van der Waals surface area contributed by atoms with Crippen molar-refractivity contribution in [1.82, 2.24) is 19.9 Å². The normalized spacial score (nSPS) is 29.0. The van der Waals surface area contributed by atoms with Crippen LogP contribution in [0.3, 0.4) is 0 Å². The van der Waals surface area contributed by atoms with E-state index in [1.807, 2.05) is 13.0 Å². The number of amides is 1. The van der Waals surface area contributed by atoms with E-state index in [9.17, 15) is 19.4 Å². The Hall–Kier alpha value is -2.98. The van der Waals surface area contributed by atoms with Crippen LogP contribution < -0.4 is 5.32 Å². The molecule has 1 aliphatic carbocycles. The Balaban J connectivity index is 1.43. The number of aliphatic hydroxyl groups is 2. The second-order valence-corrected chi connectivity index (χ2v) is 9.05. The van der Waals surface area contributed by atoms with Crippen molar-refractivity contribution >= 4 is 17.4 Å². The van der Waals surface area contributed by atoms with Gasteiger partial charge < -0.3 is 20.4 Å². The van der Waals surface area contributed by atoms with E-state index in [0.717, 1.165) is 17.5 Å². The summed E-state index contributed by atoms with van der Waals surface area (Å²) in [6, 6.07) is 1.09. The highest BCUT2D eigenvalue weighted by atomic mass is 19.1. The van der Waals surface area contributed by atoms with Gasteiger partial charge >= 0.3 is 0 Å². The number of nitrogens with zero attached hydrogens (tertiary/aromatic N) is 5. The van der Waals surface area contributed by atoms with E-state index in [1.54, 1.807) is 12.4 Å². The lowest BCUT2D eigenvalue weighted by Gasteiger charge is -2.33. The zero-order valence-electron chi connectivity index (χ0n) is 18.4. The van der Waals surface area contributed by atoms with Gasteiger partial charge in [0.25, 0.3) is 5.91 Å². The van der Waals surface area contributed by atoms with Crippen molar-refractivity contribution in [2.24, 2.45) is 4.99 Å². The Morgan fingerprint density at radius 3 is 2.91 bits per heavy atom. The maximum absolute atomic E-state index is 14.5. The first-order valence-corrected chi connectivity index (χ1v) is 11.3. The van der Waals surface area contributed by atoms with Crippen LogP contribution >= 0.6 is 0 Å². The Labute approximate surface area is 190 Å². The quantitative estimate of drug-likeness (QED) is 0.639. The summed E-state index contributed by atoms with van der Waals surface area (Å²) in [6.07, 6.45) is 4.08. The number of aromatic nitrogens is 3. The number of carbonyl (C=O) groups excluding carboxylic acids is 1. The van der Waals surface area contributed by atoms with Crippen LogP contribution in [0.5, 0.6) is 0 Å². The van der Waals surface area contributed by atoms with Gasteiger partial charge in [0.1, 0.15) is 24.0 Å². The first kappa shape index (κ1) is 21.8. The van der Waals surface area contributed by atoms with Crippen LogP contribution in [0, 0.1) is 6.92 Å². The maximum atomic E-state index is 14.5. The standard InChI is InChI=1S/C23H27FN6O3/c1-12-5-13(8-25-7-12)17-6-14(24)10-30(17)23(33)20-19-16(9-26-20)27-11-28-22(19)29-15-3-2-4-18(31)21(15)32/h5,7-8,11,14-15,17-18,21,31-32H,2-4,6,9-10H2,1H3,(H,27,28,29)/t14-,15+,17+,18+,21-/m0/s1. The molecule has 3 aliphatic rings. The summed E-state index contributed by atoms with van der Waals surface area (Å²) in [5, 5.41) is 23.6. The highest BCUT2D eigenvalue weighted by molar-refractivity contribution is 6.47. The first-order valence-electron chi connectivity index (χ1n) is 11.3. The molecule has 4 heterocycles. The van der Waals surface area contributed by atoms with Gasteiger partial charge in [-0.15, -0.1) is 0 Å². The van der Waals surface area contributed by atoms with E-state index in [-0.39, 0.29) is 31.1 Å². The zero-order chi connectivity index (χ0) is 23.1. The number of anilines is 1. The minimum absolute atomic E-state index is 0.0181. The van der Waals surface area contributed by atoms with E-state index in [2.05, 4.69) is 25.3 Å². The smallest absolute Gasteiger partial charge is 0.273 e. The van der Waals surface area contributed by atoms with Crippen LogP contribution in [-0.2, 0) is 11.3 Å². The predicted octanol–water partition coefficient (Wildman–Crippen LogP) is 1.48. The molecular formula is C23H27FN6O3. The molecule has 0 bridgehead atoms. The molecular weight excluding hydrogens is 427 g/mol. The number of hydrogen-bond donors (Lipinski definition) is 3. The average molecular weight is 455 g/mol. The first-order chi connectivity index (χ1) is 15.9. The van der Waals surface area contributed by atoms with Gasteiger partial charge in [0.15, 0.2) is 0 Å². The lowest BCUT2D eigenvalue weighted by atomic mass is 9.90. The lowest BCUT2D eigenvalue weighted by molar-refractivity contribution is -0.125. The third-order valence-corrected chi connectivity index (χ3v) is 6.69. The summed E-state index contributed by atoms with van der Waals surface area (Å²) in [5.74, 6) is 0.0231. The molecule has 2 aromatic heterocycles. The maximum Gasteiger partial charge on any atom is 0.273 e. The van der Waals surface area contributed by atoms with Crippen LogP contribution in [0.25, 0.3) is 0 Å². The summed E-state index contributed by atoms with van der Waals surface area (Å²) >= 11 is 0. The number of aliphatic hydroxyl groups excluding tert-OH is 2. The minimum atomic E-state index is -1.13. The number of hydrogen-bond acceptors (Lipinski definition) is 8. The molecule has 2 aromatic rings. The summed E-state index contributed by atoms with van der Waals surface area (Å²) in [5.41, 5.74) is 3.02. The SMILES string of the molecule is Cc1cncc([C@H]2C[C@H](F)CN2C(=O)C2=NCc3ncnc(N[C@@H]4CCC[C@@H](O)[C@H]4O)c32)c1. The number of likely N-dealkylation sites (tertiary alicyclic amines) is 1. The Morgan fingerprint density at radius 2 is 2.09 bits per heavy atom. The second-order valence-electron chi connectivity index (χ2n) is 9.05. The molecule has 2 fully saturated rings. The van der Waals surface area contributed by atoms with E-state index < -0.39 is 30.5 Å². The number of carbonyl (C=O) groups is 1. The van der Waals surface area contributed by atoms with Gasteiger partial charge in [0, 0.05) is 18.8 Å². The van der Waals surface area contributed by atoms with Crippen LogP contribution in [0.2, 0.25) is 0 Å². The molecule has 10 heteroatoms. The van der Waals surface area contributed by atoms with Gasteiger partial charge in [-0.3, -0.25) is 14.8 Å². The van der Waals surface area contributed by atoms with Gasteiger partial charge in [-0.25, -0.2) is 14.4 Å². The molecule has 5 atom stereocenters. The summed E-state index contributed by atoms with van der Waals surface area (Å²) < 4.78 is 14.5. The molecule has 2 aliphatic heterocycles. The summed E-state index contributed by atoms with van der Waals surface area (Å²) in [7, 11) is 0. The van der Waals surface area contributed by atoms with E-state index in [0.29, 0.717) is 29.9 Å². The molecule has 33 heavy (non-hydrogen) atoms. The number of alkyl halides is 1. The van der Waals surface area contributed by atoms with Crippen molar-refractivity contribution in [2.45, 2.75) is 69.6 Å². The third kappa shape index (κ3) is 4.08. The van der Waals surface area contributed by atoms with Crippen molar-refractivity contribution < 1.29 is 19.4 Å². The molecule has 174 valence electrons. The van der Waals surface area contributed by atoms with E-state index in [4.69, 9.17) is 0 Å². The minimum Gasteiger partial charge on any atom is -0.390 e. The van der Waals surface area contributed by atoms with E-state index >= 15 is 0 Å². The number of nitrogens with one attached hydrogen (secondary N) is 1. The fourth-order valence-corrected chi connectivity index (χ4v) is 5.02. The number of fused-ring (bicyclic) bond motifs is 1. The fourth-order valence-electron chi connectivity index (χ4n) is 5.02. The van der Waals surface area contributed by atoms with Crippen molar-refractivity contribution in [3.05, 3.63) is 47.2 Å². The summed E-state index contributed by atoms with van der Waals surface area (Å²) in [6.45, 7) is 2.12. The van der Waals surface area contributed by atoms with Gasteiger partial charge in [0.2, 0.25) is 0 Å². The summed E-state index contributed by atoms with van der Waals surface area (Å²) in [4.78, 5) is 32.4. The van der Waals surface area contributed by atoms with Crippen molar-refractivity contribution in [3.8, 4) is 0 Å². The highest BCUT2D eigenvalue weighted by Crippen LogP contribution is 2.36. The van der Waals surface area contributed by atoms with Gasteiger partial charge in [-0.2, -0.15) is 0 Å². The molecule has 0 spiro atoms. The topological polar surface area (TPSA) is 124 Å². The number of halogens is 1. The molecule has 3 N–H and O–H groups in total. The van der Waals surface area contributed by atoms with Crippen LogP contribution in [0.4, 0.5) is 10.2 Å². The Morgan fingerprint density at radius 1 is 1.24 bits per heavy atom. The monoisotopic (exact) mass is 454 g/mol. The average Bonchev–Trinajstić information content (AvgIpc) is 3.41. The molecule has 0 aromatic carbocycles. The van der Waals surface area contributed by atoms with E-state index in [1.165, 1.54) is 11.2 Å². The van der Waals surface area contributed by atoms with Gasteiger partial charge in [-0.05, 0) is 37.3 Å². The lowest BCUT2D eigenvalue weighted by Crippen LogP contribution is -2.46. The zero-order valence-corrected chi connectivity index (χ0v) is 18.4. The van der Waals surface area contributed by atoms with Crippen LogP contribution in [-0.4, -0.2) is 72.6 Å². The molecule has 0 unspecified atom stereocenters. The molecule has 1 amide bonds. The van der Waals surface area contributed by atoms with Gasteiger partial charge in [0.05, 0.1) is 48.6 Å². The Kier molecular flexibility index (Phi) is 5.79. The molecule has 5 rings (SSSR count). The second kappa shape index (κ2) is 8.75. The highest BCUT2D eigenvalue weighted by Gasteiger charge is 2.41. The van der Waals surface area contributed by atoms with Crippen molar-refractivity contribution in [2.75, 3.05) is 11.9 Å². The number of aliphatic imine (C=N–C) groups is 1. The van der Waals surface area contributed by atoms with Gasteiger partial charge in [-0.1, -0.05) is 6.07 Å². The molecule has 1 saturated heterocycles. The third-order valence-electron chi connectivity index (χ3n) is 6.69. The largest absolute Gasteiger partial charge is 0.390 e. The predicted molar refractivity (Wildman–Crippen MR) is 118 cm³/mol. The number of rotatable bonds is 4. The molecule has 1 saturated carbocycles. The molecule has 0 radical (unpaired) electrons. The molecule has 9 nitrogen and oxygen atoms in total. The van der Waals surface area contributed by atoms with Crippen LogP contribution in [0.1, 0.15) is 54.1 Å². The Bertz CT molecular complexity index is 1100. The number of aryl methyl sites for hydroxylation is 1. The van der Waals surface area contributed by atoms with Crippen molar-refractivity contribution in [1.29, 1.82) is 0 Å². The van der Waals surface area contributed by atoms with Crippen molar-refractivity contribution in [3.63, 3.8) is 0 Å². The number of pyridine rings is 1. The fraction of sp³-hybridized carbons (Fsp3) is 0.522. The van der Waals surface area contributed by atoms with Crippen LogP contribution in [0.15, 0.2) is 29.8 Å².